The molecular formula is C20H26N2O6. The van der Waals surface area contributed by atoms with E-state index in [4.69, 9.17) is 9.84 Å². The Hall–Kier alpha value is -2.87. The van der Waals surface area contributed by atoms with Crippen LogP contribution in [0.15, 0.2) is 23.1 Å². The highest BCUT2D eigenvalue weighted by atomic mass is 16.5. The molecule has 0 aliphatic heterocycles. The zero-order chi connectivity index (χ0) is 20.7. The van der Waals surface area contributed by atoms with Crippen LogP contribution in [0.5, 0.6) is 5.75 Å². The van der Waals surface area contributed by atoms with Crippen LogP contribution in [0.2, 0.25) is 0 Å². The summed E-state index contributed by atoms with van der Waals surface area (Å²) in [6.07, 6.45) is 3.63. The van der Waals surface area contributed by atoms with Gasteiger partial charge in [0.15, 0.2) is 0 Å². The van der Waals surface area contributed by atoms with Gasteiger partial charge in [-0.1, -0.05) is 6.92 Å². The van der Waals surface area contributed by atoms with Crippen LogP contribution in [0.3, 0.4) is 0 Å². The molecule has 0 radical (unpaired) electrons. The van der Waals surface area contributed by atoms with Gasteiger partial charge in [-0.2, -0.15) is 0 Å². The Bertz CT molecular complexity index is 919. The molecule has 8 heteroatoms. The lowest BCUT2D eigenvalue weighted by Gasteiger charge is -2.16. The fourth-order valence-corrected chi connectivity index (χ4v) is 3.17. The van der Waals surface area contributed by atoms with Gasteiger partial charge in [-0.25, -0.2) is 4.79 Å². The average molecular weight is 390 g/mol. The van der Waals surface area contributed by atoms with E-state index in [1.165, 1.54) is 13.3 Å². The van der Waals surface area contributed by atoms with E-state index < -0.39 is 17.4 Å². The van der Waals surface area contributed by atoms with E-state index in [2.05, 4.69) is 5.32 Å². The Balaban J connectivity index is 2.34. The molecule has 152 valence electrons. The van der Waals surface area contributed by atoms with Crippen molar-refractivity contribution in [1.29, 1.82) is 0 Å². The topological polar surface area (TPSA) is 118 Å². The van der Waals surface area contributed by atoms with Gasteiger partial charge in [-0.05, 0) is 43.5 Å². The van der Waals surface area contributed by atoms with Gasteiger partial charge in [0.1, 0.15) is 11.3 Å². The lowest BCUT2D eigenvalue weighted by molar-refractivity contribution is -0.136. The number of fused-ring (bicyclic) bond motifs is 1. The highest BCUT2D eigenvalue weighted by Crippen LogP contribution is 2.27. The van der Waals surface area contributed by atoms with Crippen LogP contribution < -0.4 is 15.5 Å². The fourth-order valence-electron chi connectivity index (χ4n) is 3.17. The Kier molecular flexibility index (Phi) is 7.57. The first kappa shape index (κ1) is 21.4. The first-order valence-electron chi connectivity index (χ1n) is 9.28. The fraction of sp³-hybridized carbons (Fsp3) is 0.450. The molecule has 2 aromatic rings. The molecule has 0 aliphatic rings. The number of hydrogen-bond donors (Lipinski definition) is 3. The van der Waals surface area contributed by atoms with Crippen molar-refractivity contribution in [1.82, 2.24) is 9.88 Å². The molecule has 0 bridgehead atoms. The number of carbonyl (C=O) groups is 2. The molecule has 8 nitrogen and oxygen atoms in total. The zero-order valence-corrected chi connectivity index (χ0v) is 16.2. The third kappa shape index (κ3) is 5.10. The normalized spacial score (nSPS) is 10.9. The summed E-state index contributed by atoms with van der Waals surface area (Å²) in [5.74, 6) is -1.55. The molecule has 1 heterocycles. The van der Waals surface area contributed by atoms with Gasteiger partial charge >= 0.3 is 11.9 Å². The van der Waals surface area contributed by atoms with Gasteiger partial charge in [0.25, 0.3) is 0 Å². The second kappa shape index (κ2) is 9.89. The maximum atomic E-state index is 12.7. The van der Waals surface area contributed by atoms with Crippen LogP contribution in [-0.4, -0.2) is 46.9 Å². The average Bonchev–Trinajstić information content (AvgIpc) is 2.65. The molecule has 0 fully saturated rings. The second-order valence-electron chi connectivity index (χ2n) is 6.56. The first-order valence-corrected chi connectivity index (χ1v) is 9.28. The standard InChI is InChI=1S/C20H26N2O6/c1-3-9-22-12-15(20(26)27)19(25)14-10-13(11-16(28-2)18(14)22)5-4-7-21-8-6-17(23)24/h10-12,21H,3-9H2,1-2H3,(H,23,24)(H,26,27). The number of rotatable bonds is 11. The Morgan fingerprint density at radius 2 is 1.96 bits per heavy atom. The van der Waals surface area contributed by atoms with Crippen molar-refractivity contribution in [3.63, 3.8) is 0 Å². The maximum absolute atomic E-state index is 12.7. The SMILES string of the molecule is CCCn1cc(C(=O)O)c(=O)c2cc(CCCNCCC(=O)O)cc(OC)c21. The van der Waals surface area contributed by atoms with Crippen molar-refractivity contribution in [2.45, 2.75) is 39.2 Å². The van der Waals surface area contributed by atoms with Crippen LogP contribution >= 0.6 is 0 Å². The molecule has 2 rings (SSSR count). The minimum absolute atomic E-state index is 0.0682. The van der Waals surface area contributed by atoms with Gasteiger partial charge in [-0.15, -0.1) is 0 Å². The van der Waals surface area contributed by atoms with Crippen molar-refractivity contribution in [3.8, 4) is 5.75 Å². The van der Waals surface area contributed by atoms with Gasteiger partial charge < -0.3 is 24.8 Å². The minimum Gasteiger partial charge on any atom is -0.495 e. The van der Waals surface area contributed by atoms with Crippen molar-refractivity contribution < 1.29 is 24.5 Å². The van der Waals surface area contributed by atoms with Crippen molar-refractivity contribution in [3.05, 3.63) is 39.7 Å². The number of ether oxygens (including phenoxy) is 1. The minimum atomic E-state index is -1.25. The summed E-state index contributed by atoms with van der Waals surface area (Å²) >= 11 is 0. The van der Waals surface area contributed by atoms with Crippen LogP contribution in [0.1, 0.15) is 42.1 Å². The zero-order valence-electron chi connectivity index (χ0n) is 16.2. The third-order valence-electron chi connectivity index (χ3n) is 4.45. The van der Waals surface area contributed by atoms with Gasteiger partial charge in [0, 0.05) is 19.3 Å². The summed E-state index contributed by atoms with van der Waals surface area (Å²) in [5, 5.41) is 21.4. The number of aryl methyl sites for hydroxylation is 2. The number of methoxy groups -OCH3 is 1. The third-order valence-corrected chi connectivity index (χ3v) is 4.45. The number of aromatic carboxylic acids is 1. The van der Waals surface area contributed by atoms with Crippen LogP contribution in [0.4, 0.5) is 0 Å². The first-order chi connectivity index (χ1) is 13.4. The Morgan fingerprint density at radius 1 is 1.21 bits per heavy atom. The lowest BCUT2D eigenvalue weighted by atomic mass is 10.0. The highest BCUT2D eigenvalue weighted by molar-refractivity contribution is 5.94. The van der Waals surface area contributed by atoms with Crippen molar-refractivity contribution >= 4 is 22.8 Å². The van der Waals surface area contributed by atoms with Gasteiger partial charge in [0.2, 0.25) is 5.43 Å². The van der Waals surface area contributed by atoms with E-state index in [9.17, 15) is 19.5 Å². The predicted molar refractivity (Wildman–Crippen MR) is 105 cm³/mol. The van der Waals surface area contributed by atoms with Crippen molar-refractivity contribution in [2.75, 3.05) is 20.2 Å². The van der Waals surface area contributed by atoms with E-state index in [1.807, 2.05) is 13.0 Å². The Morgan fingerprint density at radius 3 is 2.57 bits per heavy atom. The number of nitrogens with zero attached hydrogens (tertiary/aromatic N) is 1. The molecule has 0 aliphatic carbocycles. The van der Waals surface area contributed by atoms with E-state index in [0.717, 1.165) is 18.4 Å². The largest absolute Gasteiger partial charge is 0.495 e. The number of hydrogen-bond acceptors (Lipinski definition) is 5. The summed E-state index contributed by atoms with van der Waals surface area (Å²) < 4.78 is 7.25. The molecule has 0 saturated heterocycles. The highest BCUT2D eigenvalue weighted by Gasteiger charge is 2.18. The molecule has 1 aromatic heterocycles. The summed E-state index contributed by atoms with van der Waals surface area (Å²) in [6.45, 7) is 3.59. The molecule has 3 N–H and O–H groups in total. The number of carboxylic acid groups (broad SMARTS) is 2. The van der Waals surface area contributed by atoms with E-state index in [-0.39, 0.29) is 12.0 Å². The number of benzene rings is 1. The van der Waals surface area contributed by atoms with Gasteiger partial charge in [0.05, 0.1) is 24.4 Å². The van der Waals surface area contributed by atoms with E-state index >= 15 is 0 Å². The summed E-state index contributed by atoms with van der Waals surface area (Å²) in [7, 11) is 1.53. The smallest absolute Gasteiger partial charge is 0.341 e. The van der Waals surface area contributed by atoms with E-state index in [1.54, 1.807) is 10.6 Å². The number of carboxylic acids is 2. The van der Waals surface area contributed by atoms with E-state index in [0.29, 0.717) is 42.7 Å². The molecule has 1 aromatic carbocycles. The monoisotopic (exact) mass is 390 g/mol. The Labute approximate surface area is 162 Å². The summed E-state index contributed by atoms with van der Waals surface area (Å²) in [6, 6.07) is 3.60. The molecule has 0 atom stereocenters. The maximum Gasteiger partial charge on any atom is 0.341 e. The quantitative estimate of drug-likeness (QED) is 0.503. The van der Waals surface area contributed by atoms with Gasteiger partial charge in [-0.3, -0.25) is 9.59 Å². The molecule has 0 saturated carbocycles. The number of aromatic nitrogens is 1. The molecule has 0 unspecified atom stereocenters. The summed E-state index contributed by atoms with van der Waals surface area (Å²) in [4.78, 5) is 34.7. The van der Waals surface area contributed by atoms with Crippen molar-refractivity contribution in [2.24, 2.45) is 0 Å². The molecule has 0 amide bonds. The van der Waals surface area contributed by atoms with Crippen LogP contribution in [0, 0.1) is 0 Å². The molecule has 0 spiro atoms. The number of nitrogens with one attached hydrogen (secondary N) is 1. The van der Waals surface area contributed by atoms with Crippen LogP contribution in [0.25, 0.3) is 10.9 Å². The number of aliphatic carboxylic acids is 1. The molecule has 28 heavy (non-hydrogen) atoms. The predicted octanol–water partition coefficient (Wildman–Crippen LogP) is 2.12. The van der Waals surface area contributed by atoms with Crippen LogP contribution in [-0.2, 0) is 17.8 Å². The number of pyridine rings is 1. The molecular weight excluding hydrogens is 364 g/mol. The second-order valence-corrected chi connectivity index (χ2v) is 6.56. The summed E-state index contributed by atoms with van der Waals surface area (Å²) in [5.41, 5.74) is 0.694. The lowest BCUT2D eigenvalue weighted by Crippen LogP contribution is -2.20.